The average molecular weight is 697 g/mol. The van der Waals surface area contributed by atoms with Crippen molar-refractivity contribution in [1.82, 2.24) is 34.7 Å². The van der Waals surface area contributed by atoms with E-state index < -0.39 is 17.2 Å². The van der Waals surface area contributed by atoms with Crippen molar-refractivity contribution in [3.63, 3.8) is 0 Å². The van der Waals surface area contributed by atoms with Crippen LogP contribution in [0.2, 0.25) is 0 Å². The summed E-state index contributed by atoms with van der Waals surface area (Å²) in [5.74, 6) is -1.13. The number of aliphatic hydroxyl groups is 1. The van der Waals surface area contributed by atoms with Crippen molar-refractivity contribution < 1.29 is 23.4 Å². The Kier molecular flexibility index (Phi) is 11.6. The minimum absolute atomic E-state index is 0.0685. The van der Waals surface area contributed by atoms with Crippen molar-refractivity contribution in [3.05, 3.63) is 126 Å². The first-order chi connectivity index (χ1) is 24.8. The average Bonchev–Trinajstić information content (AvgIpc) is 3.82. The fourth-order valence-electron chi connectivity index (χ4n) is 6.17. The molecule has 0 radical (unpaired) electrons. The van der Waals surface area contributed by atoms with E-state index in [-0.39, 0.29) is 31.0 Å². The molecule has 11 nitrogen and oxygen atoms in total. The molecule has 1 N–H and O–H groups in total. The fraction of sp³-hybridized carbons (Fsp3) is 0.342. The summed E-state index contributed by atoms with van der Waals surface area (Å²) in [4.78, 5) is 21.7. The highest BCUT2D eigenvalue weighted by Crippen LogP contribution is 2.28. The number of hydrogen-bond donors (Lipinski definition) is 1. The van der Waals surface area contributed by atoms with Crippen molar-refractivity contribution in [2.45, 2.75) is 51.5 Å². The predicted octanol–water partition coefficient (Wildman–Crippen LogP) is 5.52. The molecule has 13 heteroatoms. The summed E-state index contributed by atoms with van der Waals surface area (Å²) in [6, 6.07) is 18.1. The van der Waals surface area contributed by atoms with Crippen molar-refractivity contribution in [3.8, 4) is 5.75 Å². The van der Waals surface area contributed by atoms with Gasteiger partial charge in [-0.25, -0.2) is 23.1 Å². The number of anilines is 1. The van der Waals surface area contributed by atoms with Gasteiger partial charge in [-0.15, -0.1) is 5.10 Å². The number of halogens is 2. The first kappa shape index (κ1) is 35.6. The Bertz CT molecular complexity index is 1890. The molecule has 3 heterocycles. The number of unbranched alkanes of at least 4 members (excludes halogenated alkanes) is 2. The Labute approximate surface area is 295 Å². The Hall–Kier alpha value is -5.27. The Balaban J connectivity index is 0.994. The maximum Gasteiger partial charge on any atom is 0.185 e. The third kappa shape index (κ3) is 9.50. The summed E-state index contributed by atoms with van der Waals surface area (Å²) in [7, 11) is 0. The number of ketones is 1. The third-order valence-electron chi connectivity index (χ3n) is 8.99. The van der Waals surface area contributed by atoms with Crippen LogP contribution in [0, 0.1) is 11.6 Å². The van der Waals surface area contributed by atoms with Gasteiger partial charge in [0.15, 0.2) is 5.78 Å². The number of nitrogens with zero attached hydrogens (tertiary/aromatic N) is 8. The lowest BCUT2D eigenvalue weighted by Gasteiger charge is -2.36. The molecule has 1 aliphatic rings. The van der Waals surface area contributed by atoms with Crippen molar-refractivity contribution in [1.29, 1.82) is 0 Å². The summed E-state index contributed by atoms with van der Waals surface area (Å²) >= 11 is 0. The summed E-state index contributed by atoms with van der Waals surface area (Å²) in [6.45, 7) is 7.28. The van der Waals surface area contributed by atoms with Crippen LogP contribution in [0.5, 0.6) is 5.75 Å². The van der Waals surface area contributed by atoms with Gasteiger partial charge in [0.2, 0.25) is 0 Å². The maximum atomic E-state index is 14.8. The van der Waals surface area contributed by atoms with Gasteiger partial charge in [-0.2, -0.15) is 5.10 Å². The number of piperazine rings is 1. The van der Waals surface area contributed by atoms with Crippen LogP contribution in [0.1, 0.15) is 53.4 Å². The van der Waals surface area contributed by atoms with Gasteiger partial charge in [0, 0.05) is 49.1 Å². The lowest BCUT2D eigenvalue weighted by atomic mass is 9.93. The van der Waals surface area contributed by atoms with Crippen LogP contribution in [0.25, 0.3) is 6.08 Å². The second-order valence-electron chi connectivity index (χ2n) is 12.8. The van der Waals surface area contributed by atoms with Crippen molar-refractivity contribution in [2.24, 2.45) is 0 Å². The largest absolute Gasteiger partial charge is 0.487 e. The van der Waals surface area contributed by atoms with Crippen molar-refractivity contribution >= 4 is 17.5 Å². The van der Waals surface area contributed by atoms with E-state index in [9.17, 15) is 18.7 Å². The van der Waals surface area contributed by atoms with Crippen LogP contribution in [0.4, 0.5) is 14.5 Å². The van der Waals surface area contributed by atoms with E-state index in [1.54, 1.807) is 30.5 Å². The molecule has 1 atom stereocenters. The Morgan fingerprint density at radius 2 is 1.73 bits per heavy atom. The highest BCUT2D eigenvalue weighted by atomic mass is 19.1. The van der Waals surface area contributed by atoms with E-state index in [0.717, 1.165) is 49.6 Å². The smallest absolute Gasteiger partial charge is 0.185 e. The number of hydrogen-bond acceptors (Lipinski definition) is 9. The van der Waals surface area contributed by atoms with E-state index in [2.05, 4.69) is 37.1 Å². The molecule has 6 rings (SSSR count). The first-order valence-electron chi connectivity index (χ1n) is 17.2. The molecule has 1 unspecified atom stereocenters. The quantitative estimate of drug-likeness (QED) is 0.0809. The molecule has 3 aromatic carbocycles. The van der Waals surface area contributed by atoms with E-state index in [4.69, 9.17) is 4.74 Å². The van der Waals surface area contributed by atoms with Crippen LogP contribution in [-0.2, 0) is 25.3 Å². The van der Waals surface area contributed by atoms with Crippen molar-refractivity contribution in [2.75, 3.05) is 37.6 Å². The van der Waals surface area contributed by atoms with E-state index in [1.807, 2.05) is 36.4 Å². The highest BCUT2D eigenvalue weighted by Gasteiger charge is 2.35. The normalized spacial score (nSPS) is 14.9. The number of ether oxygens (including phenoxy) is 1. The lowest BCUT2D eigenvalue weighted by molar-refractivity contribution is -0.00892. The molecule has 0 saturated carbocycles. The minimum Gasteiger partial charge on any atom is -0.487 e. The maximum absolute atomic E-state index is 14.8. The zero-order chi connectivity index (χ0) is 35.6. The number of rotatable bonds is 16. The summed E-state index contributed by atoms with van der Waals surface area (Å²) < 4.78 is 37.0. The van der Waals surface area contributed by atoms with Crippen LogP contribution in [0.15, 0.2) is 91.7 Å². The van der Waals surface area contributed by atoms with Gasteiger partial charge in [-0.05, 0) is 67.1 Å². The van der Waals surface area contributed by atoms with E-state index in [1.165, 1.54) is 53.9 Å². The van der Waals surface area contributed by atoms with Gasteiger partial charge in [-0.3, -0.25) is 9.69 Å². The monoisotopic (exact) mass is 696 g/mol. The zero-order valence-corrected chi connectivity index (χ0v) is 28.6. The Morgan fingerprint density at radius 3 is 2.43 bits per heavy atom. The summed E-state index contributed by atoms with van der Waals surface area (Å²) in [5.41, 5.74) is 1.15. The molecule has 0 bridgehead atoms. The molecule has 1 saturated heterocycles. The molecule has 266 valence electrons. The van der Waals surface area contributed by atoms with Gasteiger partial charge in [-0.1, -0.05) is 49.3 Å². The number of carbonyl (C=O) groups is 1. The molecule has 51 heavy (non-hydrogen) atoms. The molecular weight excluding hydrogens is 654 g/mol. The van der Waals surface area contributed by atoms with Crippen LogP contribution >= 0.6 is 0 Å². The van der Waals surface area contributed by atoms with Gasteiger partial charge >= 0.3 is 0 Å². The van der Waals surface area contributed by atoms with E-state index >= 15 is 0 Å². The molecule has 0 amide bonds. The SMILES string of the molecule is CCCCCN1CCN(c2ccc(C(=O)/C=C/c3ccc(OCc4cn(CC(O)(Cn5cncn5)c5ccc(F)cc5F)nn4)cc3)cc2)CC1. The zero-order valence-electron chi connectivity index (χ0n) is 28.6. The molecule has 2 aromatic heterocycles. The second-order valence-corrected chi connectivity index (χ2v) is 12.8. The topological polar surface area (TPSA) is 114 Å². The number of benzene rings is 3. The summed E-state index contributed by atoms with van der Waals surface area (Å²) in [5, 5.41) is 23.8. The first-order valence-corrected chi connectivity index (χ1v) is 17.2. The van der Waals surface area contributed by atoms with E-state index in [0.29, 0.717) is 17.0 Å². The van der Waals surface area contributed by atoms with Crippen LogP contribution < -0.4 is 9.64 Å². The summed E-state index contributed by atoms with van der Waals surface area (Å²) in [6.07, 6.45) is 11.4. The standard InChI is InChI=1S/C38H42F2N8O3/c1-2-3-4-17-45-18-20-46(21-19-45)33-11-8-30(9-12-33)37(49)16-7-29-5-13-34(14-6-29)51-24-32-23-47(44-43-32)25-38(50,26-48-28-41-27-42-48)35-15-10-31(39)22-36(35)40/h5-16,22-23,27-28,50H,2-4,17-21,24-26H2,1H3/b16-7+. The van der Waals surface area contributed by atoms with Gasteiger partial charge in [0.25, 0.3) is 0 Å². The molecular formula is C38H42F2N8O3. The van der Waals surface area contributed by atoms with Crippen LogP contribution in [-0.4, -0.2) is 78.3 Å². The lowest BCUT2D eigenvalue weighted by Crippen LogP contribution is -2.46. The minimum atomic E-state index is -1.84. The number of carbonyl (C=O) groups excluding carboxylic acids is 1. The predicted molar refractivity (Wildman–Crippen MR) is 189 cm³/mol. The highest BCUT2D eigenvalue weighted by molar-refractivity contribution is 6.07. The molecule has 1 aliphatic heterocycles. The van der Waals surface area contributed by atoms with Gasteiger partial charge < -0.3 is 14.7 Å². The Morgan fingerprint density at radius 1 is 0.961 bits per heavy atom. The third-order valence-corrected chi connectivity index (χ3v) is 8.99. The fourth-order valence-corrected chi connectivity index (χ4v) is 6.17. The molecule has 1 fully saturated rings. The molecule has 0 aliphatic carbocycles. The number of aromatic nitrogens is 6. The second kappa shape index (κ2) is 16.6. The van der Waals surface area contributed by atoms with Crippen LogP contribution in [0.3, 0.4) is 0 Å². The molecule has 5 aromatic rings. The van der Waals surface area contributed by atoms with Gasteiger partial charge in [0.1, 0.15) is 47.9 Å². The number of allylic oxidation sites excluding steroid dienone is 1. The van der Waals surface area contributed by atoms with Gasteiger partial charge in [0.05, 0.1) is 19.3 Å². The molecule has 0 spiro atoms.